The van der Waals surface area contributed by atoms with Crippen LogP contribution >= 0.6 is 0 Å². The van der Waals surface area contributed by atoms with Crippen molar-refractivity contribution in [3.63, 3.8) is 0 Å². The quantitative estimate of drug-likeness (QED) is 0.677. The average molecular weight is 175 g/mol. The SMILES string of the molecule is c1ccc(CCCNC2CC2)cc1. The van der Waals surface area contributed by atoms with Crippen LogP contribution in [0.4, 0.5) is 0 Å². The summed E-state index contributed by atoms with van der Waals surface area (Å²) in [5.41, 5.74) is 1.46. The van der Waals surface area contributed by atoms with Crippen molar-refractivity contribution in [3.8, 4) is 0 Å². The Balaban J connectivity index is 1.61. The summed E-state index contributed by atoms with van der Waals surface area (Å²) in [6.45, 7) is 1.18. The predicted octanol–water partition coefficient (Wildman–Crippen LogP) is 2.37. The maximum Gasteiger partial charge on any atom is 0.00682 e. The highest BCUT2D eigenvalue weighted by atomic mass is 14.9. The van der Waals surface area contributed by atoms with Crippen LogP contribution in [-0.4, -0.2) is 12.6 Å². The molecule has 0 amide bonds. The van der Waals surface area contributed by atoms with Crippen molar-refractivity contribution in [2.75, 3.05) is 6.54 Å². The van der Waals surface area contributed by atoms with Crippen LogP contribution in [0.3, 0.4) is 0 Å². The number of hydrogen-bond donors (Lipinski definition) is 1. The van der Waals surface area contributed by atoms with Crippen LogP contribution in [0.15, 0.2) is 30.3 Å². The van der Waals surface area contributed by atoms with E-state index in [0.29, 0.717) is 0 Å². The lowest BCUT2D eigenvalue weighted by Gasteiger charge is -2.02. The minimum Gasteiger partial charge on any atom is -0.314 e. The molecule has 0 aliphatic heterocycles. The Hall–Kier alpha value is -0.820. The number of hydrogen-bond acceptors (Lipinski definition) is 1. The van der Waals surface area contributed by atoms with Crippen LogP contribution in [0, 0.1) is 0 Å². The summed E-state index contributed by atoms with van der Waals surface area (Å²) < 4.78 is 0. The lowest BCUT2D eigenvalue weighted by molar-refractivity contribution is 0.645. The van der Waals surface area contributed by atoms with Crippen molar-refractivity contribution < 1.29 is 0 Å². The molecule has 1 aliphatic rings. The molecule has 2 rings (SSSR count). The molecule has 0 spiro atoms. The second kappa shape index (κ2) is 4.43. The maximum absolute atomic E-state index is 3.53. The Bertz CT molecular complexity index is 239. The summed E-state index contributed by atoms with van der Waals surface area (Å²) in [5.74, 6) is 0. The third-order valence-corrected chi connectivity index (χ3v) is 2.50. The average Bonchev–Trinajstić information content (AvgIpc) is 2.98. The molecule has 1 saturated carbocycles. The van der Waals surface area contributed by atoms with Crippen molar-refractivity contribution in [1.82, 2.24) is 5.32 Å². The molecule has 0 bridgehead atoms. The molecule has 13 heavy (non-hydrogen) atoms. The van der Waals surface area contributed by atoms with Gasteiger partial charge in [-0.1, -0.05) is 30.3 Å². The van der Waals surface area contributed by atoms with E-state index in [9.17, 15) is 0 Å². The predicted molar refractivity (Wildman–Crippen MR) is 55.8 cm³/mol. The minimum absolute atomic E-state index is 0.857. The lowest BCUT2D eigenvalue weighted by Crippen LogP contribution is -2.17. The van der Waals surface area contributed by atoms with Crippen molar-refractivity contribution >= 4 is 0 Å². The molecule has 0 saturated heterocycles. The van der Waals surface area contributed by atoms with Crippen LogP contribution in [-0.2, 0) is 6.42 Å². The third kappa shape index (κ3) is 3.19. The van der Waals surface area contributed by atoms with Crippen molar-refractivity contribution in [2.45, 2.75) is 31.7 Å². The molecule has 0 atom stereocenters. The highest BCUT2D eigenvalue weighted by Crippen LogP contribution is 2.18. The van der Waals surface area contributed by atoms with E-state index in [4.69, 9.17) is 0 Å². The molecule has 0 radical (unpaired) electrons. The lowest BCUT2D eigenvalue weighted by atomic mass is 10.1. The molecule has 1 nitrogen and oxygen atoms in total. The fourth-order valence-corrected chi connectivity index (χ4v) is 1.53. The molecule has 1 aromatic rings. The molecule has 0 heterocycles. The van der Waals surface area contributed by atoms with E-state index in [1.807, 2.05) is 0 Å². The van der Waals surface area contributed by atoms with E-state index >= 15 is 0 Å². The van der Waals surface area contributed by atoms with Crippen LogP contribution in [0.1, 0.15) is 24.8 Å². The van der Waals surface area contributed by atoms with E-state index < -0.39 is 0 Å². The fourth-order valence-electron chi connectivity index (χ4n) is 1.53. The molecule has 0 aromatic heterocycles. The van der Waals surface area contributed by atoms with E-state index in [0.717, 1.165) is 6.04 Å². The van der Waals surface area contributed by atoms with Gasteiger partial charge >= 0.3 is 0 Å². The molecule has 1 fully saturated rings. The summed E-state index contributed by atoms with van der Waals surface area (Å²) >= 11 is 0. The van der Waals surface area contributed by atoms with Gasteiger partial charge in [-0.3, -0.25) is 0 Å². The number of rotatable bonds is 5. The van der Waals surface area contributed by atoms with Gasteiger partial charge in [-0.05, 0) is 37.8 Å². The zero-order valence-corrected chi connectivity index (χ0v) is 8.00. The summed E-state index contributed by atoms with van der Waals surface area (Å²) in [5, 5.41) is 3.53. The first-order valence-electron chi connectivity index (χ1n) is 5.22. The standard InChI is InChI=1S/C12H17N/c1-2-5-11(6-3-1)7-4-10-13-12-8-9-12/h1-3,5-6,12-13H,4,7-10H2. The Morgan fingerprint density at radius 2 is 1.92 bits per heavy atom. The van der Waals surface area contributed by atoms with Crippen LogP contribution in [0.2, 0.25) is 0 Å². The summed E-state index contributed by atoms with van der Waals surface area (Å²) in [4.78, 5) is 0. The summed E-state index contributed by atoms with van der Waals surface area (Å²) in [6, 6.07) is 11.6. The second-order valence-electron chi connectivity index (χ2n) is 3.82. The highest BCUT2D eigenvalue weighted by molar-refractivity contribution is 5.14. The summed E-state index contributed by atoms with van der Waals surface area (Å²) in [7, 11) is 0. The highest BCUT2D eigenvalue weighted by Gasteiger charge is 2.19. The van der Waals surface area contributed by atoms with Gasteiger partial charge in [0.1, 0.15) is 0 Å². The topological polar surface area (TPSA) is 12.0 Å². The van der Waals surface area contributed by atoms with Crippen molar-refractivity contribution in [2.24, 2.45) is 0 Å². The third-order valence-electron chi connectivity index (χ3n) is 2.50. The number of aryl methyl sites for hydroxylation is 1. The van der Waals surface area contributed by atoms with Crippen LogP contribution in [0.25, 0.3) is 0 Å². The molecule has 1 aromatic carbocycles. The molecule has 1 aliphatic carbocycles. The maximum atomic E-state index is 3.53. The first-order valence-corrected chi connectivity index (χ1v) is 5.22. The Morgan fingerprint density at radius 1 is 1.15 bits per heavy atom. The molecule has 0 unspecified atom stereocenters. The molecule has 70 valence electrons. The van der Waals surface area contributed by atoms with Gasteiger partial charge in [-0.2, -0.15) is 0 Å². The monoisotopic (exact) mass is 175 g/mol. The van der Waals surface area contributed by atoms with E-state index in [1.165, 1.54) is 37.8 Å². The van der Waals surface area contributed by atoms with Crippen molar-refractivity contribution in [3.05, 3.63) is 35.9 Å². The van der Waals surface area contributed by atoms with E-state index in [-0.39, 0.29) is 0 Å². The Labute approximate surface area is 80.2 Å². The molecular formula is C12H17N. The normalized spacial score (nSPS) is 16.0. The fraction of sp³-hybridized carbons (Fsp3) is 0.500. The first kappa shape index (κ1) is 8.76. The zero-order valence-electron chi connectivity index (χ0n) is 8.00. The van der Waals surface area contributed by atoms with Crippen LogP contribution < -0.4 is 5.32 Å². The number of benzene rings is 1. The smallest absolute Gasteiger partial charge is 0.00682 e. The minimum atomic E-state index is 0.857. The van der Waals surface area contributed by atoms with Gasteiger partial charge in [0.25, 0.3) is 0 Å². The van der Waals surface area contributed by atoms with Gasteiger partial charge in [-0.15, -0.1) is 0 Å². The van der Waals surface area contributed by atoms with E-state index in [2.05, 4.69) is 35.6 Å². The summed E-state index contributed by atoms with van der Waals surface area (Å²) in [6.07, 6.45) is 5.26. The molecule has 1 heteroatoms. The second-order valence-corrected chi connectivity index (χ2v) is 3.82. The van der Waals surface area contributed by atoms with Gasteiger partial charge < -0.3 is 5.32 Å². The molecule has 1 N–H and O–H groups in total. The largest absolute Gasteiger partial charge is 0.314 e. The van der Waals surface area contributed by atoms with Crippen molar-refractivity contribution in [1.29, 1.82) is 0 Å². The zero-order chi connectivity index (χ0) is 8.93. The molecular weight excluding hydrogens is 158 g/mol. The van der Waals surface area contributed by atoms with Gasteiger partial charge in [-0.25, -0.2) is 0 Å². The van der Waals surface area contributed by atoms with E-state index in [1.54, 1.807) is 0 Å². The van der Waals surface area contributed by atoms with Gasteiger partial charge in [0, 0.05) is 6.04 Å². The van der Waals surface area contributed by atoms with Gasteiger partial charge in [0.05, 0.1) is 0 Å². The Morgan fingerprint density at radius 3 is 2.62 bits per heavy atom. The number of nitrogens with one attached hydrogen (secondary N) is 1. The Kier molecular flexibility index (Phi) is 2.98. The van der Waals surface area contributed by atoms with Crippen LogP contribution in [0.5, 0.6) is 0 Å². The van der Waals surface area contributed by atoms with Gasteiger partial charge in [0.15, 0.2) is 0 Å². The van der Waals surface area contributed by atoms with Gasteiger partial charge in [0.2, 0.25) is 0 Å². The first-order chi connectivity index (χ1) is 6.45.